The molecule has 1 rings (SSSR count). The second kappa shape index (κ2) is 6.51. The number of hydrogen-bond acceptors (Lipinski definition) is 4. The van der Waals surface area contributed by atoms with Crippen molar-refractivity contribution in [1.29, 1.82) is 0 Å². The lowest BCUT2D eigenvalue weighted by Crippen LogP contribution is -2.28. The van der Waals surface area contributed by atoms with Gasteiger partial charge in [-0.05, 0) is 36.4 Å². The van der Waals surface area contributed by atoms with E-state index in [1.54, 1.807) is 11.8 Å². The third kappa shape index (κ3) is 4.94. The van der Waals surface area contributed by atoms with E-state index in [1.807, 2.05) is 0 Å². The quantitative estimate of drug-likeness (QED) is 0.347. The maximum Gasteiger partial charge on any atom is 0.534 e. The third-order valence-corrected chi connectivity index (χ3v) is 4.16. The van der Waals surface area contributed by atoms with Crippen molar-refractivity contribution in [2.45, 2.75) is 30.2 Å². The van der Waals surface area contributed by atoms with Crippen LogP contribution < -0.4 is 4.18 Å². The lowest BCUT2D eigenvalue weighted by Gasteiger charge is -2.09. The predicted octanol–water partition coefficient (Wildman–Crippen LogP) is 3.81. The Bertz CT molecular complexity index is 495. The minimum atomic E-state index is -5.59. The van der Waals surface area contributed by atoms with Crippen LogP contribution in [0.1, 0.15) is 19.8 Å². The summed E-state index contributed by atoms with van der Waals surface area (Å²) in [5, 5.41) is 0. The first-order valence-electron chi connectivity index (χ1n) is 5.50. The van der Waals surface area contributed by atoms with E-state index in [1.165, 1.54) is 24.3 Å². The van der Waals surface area contributed by atoms with Crippen molar-refractivity contribution in [1.82, 2.24) is 0 Å². The molecule has 0 heterocycles. The van der Waals surface area contributed by atoms with Crippen molar-refractivity contribution in [3.8, 4) is 5.75 Å². The number of benzene rings is 1. The first-order chi connectivity index (χ1) is 8.76. The summed E-state index contributed by atoms with van der Waals surface area (Å²) in [4.78, 5) is 0.852. The van der Waals surface area contributed by atoms with Crippen LogP contribution in [0.3, 0.4) is 0 Å². The van der Waals surface area contributed by atoms with E-state index in [0.29, 0.717) is 0 Å². The van der Waals surface area contributed by atoms with Crippen LogP contribution in [0.25, 0.3) is 0 Å². The van der Waals surface area contributed by atoms with Crippen LogP contribution in [-0.2, 0) is 10.1 Å². The number of hydrogen-bond donors (Lipinski definition) is 0. The maximum absolute atomic E-state index is 12.1. The van der Waals surface area contributed by atoms with E-state index in [9.17, 15) is 21.6 Å². The van der Waals surface area contributed by atoms with E-state index in [-0.39, 0.29) is 5.75 Å². The first-order valence-corrected chi connectivity index (χ1v) is 7.89. The number of halogens is 3. The fraction of sp³-hybridized carbons (Fsp3) is 0.455. The van der Waals surface area contributed by atoms with Gasteiger partial charge in [-0.15, -0.1) is 11.8 Å². The van der Waals surface area contributed by atoms with Crippen LogP contribution in [0.5, 0.6) is 5.75 Å². The van der Waals surface area contributed by atoms with Gasteiger partial charge in [0, 0.05) is 4.90 Å². The van der Waals surface area contributed by atoms with Crippen molar-refractivity contribution in [3.63, 3.8) is 0 Å². The molecule has 0 amide bonds. The zero-order chi connectivity index (χ0) is 14.5. The fourth-order valence-electron chi connectivity index (χ4n) is 1.10. The Morgan fingerprint density at radius 2 is 1.79 bits per heavy atom. The summed E-state index contributed by atoms with van der Waals surface area (Å²) in [5.74, 6) is 0.551. The van der Waals surface area contributed by atoms with Gasteiger partial charge in [0.05, 0.1) is 0 Å². The van der Waals surface area contributed by atoms with Crippen LogP contribution in [0.15, 0.2) is 29.2 Å². The van der Waals surface area contributed by atoms with Gasteiger partial charge in [0.1, 0.15) is 5.75 Å². The van der Waals surface area contributed by atoms with E-state index in [0.717, 1.165) is 23.5 Å². The number of unbranched alkanes of at least 4 members (excludes halogenated alkanes) is 1. The van der Waals surface area contributed by atoms with Crippen molar-refractivity contribution in [2.24, 2.45) is 0 Å². The molecule has 108 valence electrons. The van der Waals surface area contributed by atoms with Crippen LogP contribution in [-0.4, -0.2) is 19.7 Å². The van der Waals surface area contributed by atoms with Crippen molar-refractivity contribution >= 4 is 21.9 Å². The topological polar surface area (TPSA) is 43.4 Å². The van der Waals surface area contributed by atoms with Gasteiger partial charge in [-0.3, -0.25) is 0 Å². The van der Waals surface area contributed by atoms with E-state index < -0.39 is 15.6 Å². The van der Waals surface area contributed by atoms with Gasteiger partial charge in [-0.25, -0.2) is 0 Å². The summed E-state index contributed by atoms with van der Waals surface area (Å²) in [7, 11) is -5.59. The van der Waals surface area contributed by atoms with Gasteiger partial charge in [0.15, 0.2) is 0 Å². The summed E-state index contributed by atoms with van der Waals surface area (Å²) in [6, 6.07) is 5.47. The van der Waals surface area contributed by atoms with E-state index in [4.69, 9.17) is 0 Å². The smallest absolute Gasteiger partial charge is 0.376 e. The fourth-order valence-corrected chi connectivity index (χ4v) is 2.56. The van der Waals surface area contributed by atoms with Crippen LogP contribution >= 0.6 is 11.8 Å². The molecule has 0 fully saturated rings. The Labute approximate surface area is 114 Å². The molecule has 1 aromatic carbocycles. The molecular weight excluding hydrogens is 301 g/mol. The van der Waals surface area contributed by atoms with Crippen LogP contribution in [0.4, 0.5) is 13.2 Å². The van der Waals surface area contributed by atoms with Crippen LogP contribution in [0.2, 0.25) is 0 Å². The molecule has 0 N–H and O–H groups in total. The molecule has 0 radical (unpaired) electrons. The lowest BCUT2D eigenvalue weighted by molar-refractivity contribution is -0.0500. The molecule has 0 saturated heterocycles. The Morgan fingerprint density at radius 1 is 1.21 bits per heavy atom. The minimum absolute atomic E-state index is 0.350. The van der Waals surface area contributed by atoms with Gasteiger partial charge >= 0.3 is 15.6 Å². The van der Waals surface area contributed by atoms with Gasteiger partial charge in [-0.2, -0.15) is 21.6 Å². The zero-order valence-corrected chi connectivity index (χ0v) is 11.7. The molecule has 1 aromatic rings. The third-order valence-electron chi connectivity index (χ3n) is 2.08. The molecule has 0 atom stereocenters. The maximum atomic E-state index is 12.1. The molecule has 0 aliphatic heterocycles. The molecule has 19 heavy (non-hydrogen) atoms. The largest absolute Gasteiger partial charge is 0.534 e. The second-order valence-corrected chi connectivity index (χ2v) is 6.36. The van der Waals surface area contributed by atoms with Crippen LogP contribution in [0, 0.1) is 0 Å². The Balaban J connectivity index is 2.67. The highest BCUT2D eigenvalue weighted by Gasteiger charge is 2.48. The SMILES string of the molecule is CCCCSc1ccc(OS(=O)(=O)C(F)(F)F)cc1. The van der Waals surface area contributed by atoms with Gasteiger partial charge < -0.3 is 4.18 Å². The summed E-state index contributed by atoms with van der Waals surface area (Å²) in [5.41, 5.74) is -5.42. The number of rotatable bonds is 6. The summed E-state index contributed by atoms with van der Waals surface area (Å²) < 4.78 is 61.8. The van der Waals surface area contributed by atoms with Crippen molar-refractivity contribution in [3.05, 3.63) is 24.3 Å². The molecule has 8 heteroatoms. The summed E-state index contributed by atoms with van der Waals surface area (Å²) >= 11 is 1.55. The van der Waals surface area contributed by atoms with Crippen molar-refractivity contribution < 1.29 is 25.8 Å². The lowest BCUT2D eigenvalue weighted by atomic mass is 10.3. The molecule has 0 spiro atoms. The normalized spacial score (nSPS) is 12.4. The Morgan fingerprint density at radius 3 is 2.26 bits per heavy atom. The Kier molecular flexibility index (Phi) is 5.54. The predicted molar refractivity (Wildman–Crippen MR) is 67.7 cm³/mol. The van der Waals surface area contributed by atoms with Gasteiger partial charge in [0.25, 0.3) is 0 Å². The average molecular weight is 314 g/mol. The first kappa shape index (κ1) is 16.2. The average Bonchev–Trinajstić information content (AvgIpc) is 2.30. The molecular formula is C11H13F3O3S2. The minimum Gasteiger partial charge on any atom is -0.376 e. The van der Waals surface area contributed by atoms with Gasteiger partial charge in [-0.1, -0.05) is 13.3 Å². The monoisotopic (exact) mass is 314 g/mol. The molecule has 0 unspecified atom stereocenters. The van der Waals surface area contributed by atoms with E-state index in [2.05, 4.69) is 11.1 Å². The second-order valence-electron chi connectivity index (χ2n) is 3.66. The summed E-state index contributed by atoms with van der Waals surface area (Å²) in [6.45, 7) is 2.06. The summed E-state index contributed by atoms with van der Waals surface area (Å²) in [6.07, 6.45) is 2.09. The highest BCUT2D eigenvalue weighted by Crippen LogP contribution is 2.28. The molecule has 3 nitrogen and oxygen atoms in total. The molecule has 0 aromatic heterocycles. The Hall–Kier alpha value is -0.890. The highest BCUT2D eigenvalue weighted by atomic mass is 32.2. The standard InChI is InChI=1S/C11H13F3O3S2/c1-2-3-8-18-10-6-4-9(5-7-10)17-19(15,16)11(12,13)14/h4-7H,2-3,8H2,1H3. The highest BCUT2D eigenvalue weighted by molar-refractivity contribution is 7.99. The zero-order valence-electron chi connectivity index (χ0n) is 10.1. The van der Waals surface area contributed by atoms with Gasteiger partial charge in [0.2, 0.25) is 0 Å². The molecule has 0 aliphatic carbocycles. The number of alkyl halides is 3. The molecule has 0 bridgehead atoms. The number of thioether (sulfide) groups is 1. The van der Waals surface area contributed by atoms with E-state index >= 15 is 0 Å². The van der Waals surface area contributed by atoms with Crippen molar-refractivity contribution in [2.75, 3.05) is 5.75 Å². The molecule has 0 saturated carbocycles. The molecule has 0 aliphatic rings.